The summed E-state index contributed by atoms with van der Waals surface area (Å²) in [4.78, 5) is 38.1. The summed E-state index contributed by atoms with van der Waals surface area (Å²) in [5, 5.41) is 0. The van der Waals surface area contributed by atoms with E-state index in [9.17, 15) is 14.4 Å². The predicted octanol–water partition coefficient (Wildman–Crippen LogP) is 19.4. The van der Waals surface area contributed by atoms with Gasteiger partial charge < -0.3 is 14.2 Å². The normalized spacial score (nSPS) is 12.0. The van der Waals surface area contributed by atoms with E-state index < -0.39 is 6.10 Å². The number of carbonyl (C=O) groups is 3. The van der Waals surface area contributed by atoms with E-state index >= 15 is 0 Å². The highest BCUT2D eigenvalue weighted by molar-refractivity contribution is 5.71. The highest BCUT2D eigenvalue weighted by Crippen LogP contribution is 2.18. The van der Waals surface area contributed by atoms with Gasteiger partial charge in [0.05, 0.1) is 0 Å². The Kier molecular flexibility index (Phi) is 52.1. The number of unbranched alkanes of at least 4 members (excludes halogenated alkanes) is 41. The fourth-order valence-corrected chi connectivity index (χ4v) is 9.10. The maximum absolute atomic E-state index is 12.8. The van der Waals surface area contributed by atoms with Crippen LogP contribution in [0.3, 0.4) is 0 Å². The van der Waals surface area contributed by atoms with Crippen LogP contribution in [0.5, 0.6) is 0 Å². The minimum Gasteiger partial charge on any atom is -0.462 e. The molecule has 0 aliphatic rings. The average molecular weight is 920 g/mol. The Hall–Kier alpha value is -1.59. The van der Waals surface area contributed by atoms with E-state index in [4.69, 9.17) is 14.2 Å². The van der Waals surface area contributed by atoms with E-state index in [-0.39, 0.29) is 31.1 Å². The molecule has 0 aromatic carbocycles. The summed E-state index contributed by atoms with van der Waals surface area (Å²) in [7, 11) is 0. The second kappa shape index (κ2) is 53.4. The van der Waals surface area contributed by atoms with Crippen molar-refractivity contribution in [3.63, 3.8) is 0 Å². The molecule has 6 nitrogen and oxygen atoms in total. The summed E-state index contributed by atoms with van der Waals surface area (Å²) < 4.78 is 16.9. The number of carbonyl (C=O) groups excluding carboxylic acids is 3. The molecule has 0 N–H and O–H groups in total. The number of ether oxygens (including phenoxy) is 3. The molecular weight excluding hydrogens is 805 g/mol. The molecule has 0 aromatic heterocycles. The summed E-state index contributed by atoms with van der Waals surface area (Å²) in [6, 6.07) is 0. The zero-order valence-electron chi connectivity index (χ0n) is 44.5. The third-order valence-electron chi connectivity index (χ3n) is 13.5. The molecule has 386 valence electrons. The van der Waals surface area contributed by atoms with Gasteiger partial charge in [0.15, 0.2) is 6.10 Å². The van der Waals surface area contributed by atoms with E-state index in [0.29, 0.717) is 19.3 Å². The third-order valence-corrected chi connectivity index (χ3v) is 13.5. The van der Waals surface area contributed by atoms with Crippen LogP contribution in [0.15, 0.2) is 0 Å². The van der Waals surface area contributed by atoms with Crippen molar-refractivity contribution in [3.8, 4) is 0 Å². The molecule has 0 saturated carbocycles. The van der Waals surface area contributed by atoms with Crippen molar-refractivity contribution in [1.29, 1.82) is 0 Å². The van der Waals surface area contributed by atoms with Crippen molar-refractivity contribution in [2.24, 2.45) is 5.92 Å². The van der Waals surface area contributed by atoms with Crippen molar-refractivity contribution >= 4 is 17.9 Å². The van der Waals surface area contributed by atoms with Crippen LogP contribution < -0.4 is 0 Å². The second-order valence-electron chi connectivity index (χ2n) is 20.8. The van der Waals surface area contributed by atoms with Crippen LogP contribution in [0, 0.1) is 5.92 Å². The molecule has 0 spiro atoms. The molecule has 0 aliphatic heterocycles. The molecular formula is C59H114O6. The van der Waals surface area contributed by atoms with Crippen LogP contribution in [0.4, 0.5) is 0 Å². The Morgan fingerprint density at radius 3 is 0.754 bits per heavy atom. The zero-order chi connectivity index (χ0) is 47.4. The van der Waals surface area contributed by atoms with Gasteiger partial charge in [-0.25, -0.2) is 0 Å². The van der Waals surface area contributed by atoms with Gasteiger partial charge in [-0.3, -0.25) is 14.4 Å². The second-order valence-corrected chi connectivity index (χ2v) is 20.8. The van der Waals surface area contributed by atoms with Gasteiger partial charge in [-0.15, -0.1) is 0 Å². The smallest absolute Gasteiger partial charge is 0.306 e. The molecule has 0 aliphatic carbocycles. The monoisotopic (exact) mass is 919 g/mol. The number of rotatable bonds is 54. The first-order valence-corrected chi connectivity index (χ1v) is 29.4. The van der Waals surface area contributed by atoms with Crippen molar-refractivity contribution in [1.82, 2.24) is 0 Å². The van der Waals surface area contributed by atoms with Gasteiger partial charge in [0.25, 0.3) is 0 Å². The summed E-state index contributed by atoms with van der Waals surface area (Å²) in [6.07, 6.45) is 58.0. The topological polar surface area (TPSA) is 78.9 Å². The van der Waals surface area contributed by atoms with Crippen LogP contribution in [-0.4, -0.2) is 37.2 Å². The summed E-state index contributed by atoms with van der Waals surface area (Å²) in [6.45, 7) is 9.07. The molecule has 1 atom stereocenters. The number of esters is 3. The Balaban J connectivity index is 4.27. The fraction of sp³-hybridized carbons (Fsp3) is 0.949. The van der Waals surface area contributed by atoms with Crippen molar-refractivity contribution in [2.45, 2.75) is 342 Å². The molecule has 0 saturated heterocycles. The minimum absolute atomic E-state index is 0.0616. The lowest BCUT2D eigenvalue weighted by atomic mass is 10.0. The van der Waals surface area contributed by atoms with E-state index in [1.54, 1.807) is 0 Å². The Morgan fingerprint density at radius 2 is 0.508 bits per heavy atom. The average Bonchev–Trinajstić information content (AvgIpc) is 3.29. The maximum atomic E-state index is 12.8. The Labute approximate surface area is 406 Å². The van der Waals surface area contributed by atoms with E-state index in [1.807, 2.05) is 0 Å². The highest BCUT2D eigenvalue weighted by atomic mass is 16.6. The molecule has 0 heterocycles. The lowest BCUT2D eigenvalue weighted by molar-refractivity contribution is -0.167. The fourth-order valence-electron chi connectivity index (χ4n) is 9.10. The summed E-state index contributed by atoms with van der Waals surface area (Å²) >= 11 is 0. The zero-order valence-corrected chi connectivity index (χ0v) is 44.5. The Morgan fingerprint density at radius 1 is 0.292 bits per heavy atom. The third kappa shape index (κ3) is 53.2. The van der Waals surface area contributed by atoms with Crippen LogP contribution in [0.2, 0.25) is 0 Å². The summed E-state index contributed by atoms with van der Waals surface area (Å²) in [5.41, 5.74) is 0. The first-order valence-electron chi connectivity index (χ1n) is 29.4. The molecule has 0 amide bonds. The molecule has 0 radical (unpaired) electrons. The van der Waals surface area contributed by atoms with Crippen LogP contribution in [-0.2, 0) is 28.6 Å². The van der Waals surface area contributed by atoms with E-state index in [0.717, 1.165) is 63.7 Å². The molecule has 0 fully saturated rings. The number of hydrogen-bond donors (Lipinski definition) is 0. The highest BCUT2D eigenvalue weighted by Gasteiger charge is 2.19. The minimum atomic E-state index is -0.761. The van der Waals surface area contributed by atoms with Gasteiger partial charge in [0.1, 0.15) is 13.2 Å². The first-order chi connectivity index (χ1) is 31.9. The van der Waals surface area contributed by atoms with Gasteiger partial charge >= 0.3 is 17.9 Å². The lowest BCUT2D eigenvalue weighted by Gasteiger charge is -2.18. The predicted molar refractivity (Wildman–Crippen MR) is 280 cm³/mol. The van der Waals surface area contributed by atoms with Crippen LogP contribution in [0.25, 0.3) is 0 Å². The van der Waals surface area contributed by atoms with Gasteiger partial charge in [0.2, 0.25) is 0 Å². The Bertz CT molecular complexity index is 980. The SMILES string of the molecule is CCCCCCCCCCCCCCCCC(=O)OC[C@H](COC(=O)CCCCCCCCCCCCCCCCCCC(C)C)OC(=O)CCCCCCCCCCCCCCCC. The molecule has 65 heavy (non-hydrogen) atoms. The van der Waals surface area contributed by atoms with Crippen molar-refractivity contribution in [2.75, 3.05) is 13.2 Å². The van der Waals surface area contributed by atoms with Crippen LogP contribution in [0.1, 0.15) is 336 Å². The lowest BCUT2D eigenvalue weighted by Crippen LogP contribution is -2.30. The molecule has 6 heteroatoms. The van der Waals surface area contributed by atoms with Gasteiger partial charge in [-0.2, -0.15) is 0 Å². The van der Waals surface area contributed by atoms with Gasteiger partial charge in [-0.1, -0.05) is 297 Å². The molecule has 0 bridgehead atoms. The summed E-state index contributed by atoms with van der Waals surface area (Å²) in [5.74, 6) is 0.0195. The van der Waals surface area contributed by atoms with E-state index in [2.05, 4.69) is 27.7 Å². The van der Waals surface area contributed by atoms with Crippen LogP contribution >= 0.6 is 0 Å². The number of hydrogen-bond acceptors (Lipinski definition) is 6. The largest absolute Gasteiger partial charge is 0.462 e. The van der Waals surface area contributed by atoms with Crippen molar-refractivity contribution < 1.29 is 28.6 Å². The standard InChI is InChI=1S/C59H114O6/c1-5-7-9-11-13-15-17-19-26-30-34-38-42-46-50-57(60)63-53-56(65-59(62)52-48-44-40-36-32-27-20-18-16-14-12-10-8-6-2)54-64-58(61)51-47-43-39-35-31-28-24-22-21-23-25-29-33-37-41-45-49-55(3)4/h55-56H,5-54H2,1-4H3/t56-/m1/s1. The first kappa shape index (κ1) is 63.4. The van der Waals surface area contributed by atoms with Gasteiger partial charge in [-0.05, 0) is 25.2 Å². The molecule has 0 aromatic rings. The van der Waals surface area contributed by atoms with E-state index in [1.165, 1.54) is 231 Å². The quantitative estimate of drug-likeness (QED) is 0.0344. The van der Waals surface area contributed by atoms with Crippen molar-refractivity contribution in [3.05, 3.63) is 0 Å². The van der Waals surface area contributed by atoms with Gasteiger partial charge in [0, 0.05) is 19.3 Å². The maximum Gasteiger partial charge on any atom is 0.306 e. The molecule has 0 unspecified atom stereocenters. The molecule has 0 rings (SSSR count).